The Bertz CT molecular complexity index is 4770. The van der Waals surface area contributed by atoms with Gasteiger partial charge in [0.05, 0.1) is 0 Å². The molecule has 0 N–H and O–H groups in total. The zero-order chi connectivity index (χ0) is 55.4. The van der Waals surface area contributed by atoms with Gasteiger partial charge in [-0.25, -0.2) is 0 Å². The van der Waals surface area contributed by atoms with Gasteiger partial charge in [0.2, 0.25) is 0 Å². The van der Waals surface area contributed by atoms with E-state index in [4.69, 9.17) is 0 Å². The zero-order valence-corrected chi connectivity index (χ0v) is 47.9. The fraction of sp³-hybridized carbons (Fsp3) is 0.146. The molecule has 0 spiro atoms. The highest BCUT2D eigenvalue weighted by Crippen LogP contribution is 2.56. The first-order valence-corrected chi connectivity index (χ1v) is 29.7. The summed E-state index contributed by atoms with van der Waals surface area (Å²) in [6.45, 7) is 16.7. The van der Waals surface area contributed by atoms with Crippen molar-refractivity contribution in [3.63, 3.8) is 0 Å². The lowest BCUT2D eigenvalue weighted by Crippen LogP contribution is -2.15. The first-order chi connectivity index (χ1) is 39.9. The molecule has 0 amide bonds. The van der Waals surface area contributed by atoms with Crippen molar-refractivity contribution in [2.75, 3.05) is 0 Å². The van der Waals surface area contributed by atoms with E-state index in [1.54, 1.807) is 0 Å². The molecule has 0 nitrogen and oxygen atoms in total. The Hall–Kier alpha value is -9.10. The Morgan fingerprint density at radius 2 is 0.476 bits per heavy atom. The molecule has 0 bridgehead atoms. The van der Waals surface area contributed by atoms with Crippen LogP contribution in [-0.2, 0) is 22.7 Å². The number of aryl methyl sites for hydroxylation is 1. The monoisotopic (exact) mass is 1050 g/mol. The molecule has 0 heterocycles. The van der Waals surface area contributed by atoms with E-state index >= 15 is 0 Å². The van der Waals surface area contributed by atoms with Crippen LogP contribution in [0.2, 0.25) is 0 Å². The van der Waals surface area contributed by atoms with Gasteiger partial charge in [0.25, 0.3) is 0 Å². The second kappa shape index (κ2) is 17.7. The van der Waals surface area contributed by atoms with Crippen LogP contribution in [-0.4, -0.2) is 0 Å². The molecule has 0 radical (unpaired) electrons. The molecular weight excluding hydrogens is 985 g/mol. The second-order valence-electron chi connectivity index (χ2n) is 25.4. The average Bonchev–Trinajstić information content (AvgIpc) is 3.87. The summed E-state index contributed by atoms with van der Waals surface area (Å²) in [5.41, 5.74) is 30.1. The van der Waals surface area contributed by atoms with Gasteiger partial charge in [-0.05, 0) is 208 Å². The molecule has 3 aliphatic carbocycles. The van der Waals surface area contributed by atoms with Crippen LogP contribution >= 0.6 is 0 Å². The molecule has 0 saturated carbocycles. The van der Waals surface area contributed by atoms with E-state index in [-0.39, 0.29) is 16.2 Å². The Labute approximate surface area is 482 Å². The molecule has 0 heteroatoms. The van der Waals surface area contributed by atoms with Gasteiger partial charge in [-0.3, -0.25) is 0 Å². The molecule has 13 aromatic rings. The van der Waals surface area contributed by atoms with Crippen molar-refractivity contribution in [3.8, 4) is 89.0 Å². The standard InChI is InChI=1S/C82H64/c1-8-19-49-30-32-50(33-31-49)76-62-21-9-11-23-64(62)77(65-24-12-10-22-63(65)76)54-37-42-60-58-39-34-51(44-71(58)81(4,5)74(60)47-54)52-35-40-59-61-43-38-55(48-75(61)82(6,7)72(59)45-52)79-68-27-15-13-25-66(68)78(67-26-14-16-28-69(67)79)53-36-41-57-56-20-17-18-29-70(56)80(2,3)73(57)46-53/h9-18,20-48H,8,19H2,1-7H3. The number of rotatable bonds is 7. The topological polar surface area (TPSA) is 0 Å². The highest BCUT2D eigenvalue weighted by molar-refractivity contribution is 6.23. The average molecular weight is 1050 g/mol. The van der Waals surface area contributed by atoms with Crippen molar-refractivity contribution in [2.45, 2.75) is 77.6 Å². The van der Waals surface area contributed by atoms with Crippen molar-refractivity contribution in [1.82, 2.24) is 0 Å². The molecule has 0 unspecified atom stereocenters. The third-order valence-corrected chi connectivity index (χ3v) is 19.8. The normalized spacial score (nSPS) is 14.7. The van der Waals surface area contributed by atoms with Crippen LogP contribution in [0.1, 0.15) is 93.8 Å². The molecule has 16 rings (SSSR count). The molecule has 0 atom stereocenters. The third kappa shape index (κ3) is 6.91. The van der Waals surface area contributed by atoms with Gasteiger partial charge in [0.15, 0.2) is 0 Å². The van der Waals surface area contributed by atoms with Crippen LogP contribution in [0.3, 0.4) is 0 Å². The molecule has 3 aliphatic rings. The predicted molar refractivity (Wildman–Crippen MR) is 350 cm³/mol. The van der Waals surface area contributed by atoms with E-state index < -0.39 is 0 Å². The number of hydrogen-bond donors (Lipinski definition) is 0. The number of hydrogen-bond acceptors (Lipinski definition) is 0. The molecule has 0 aliphatic heterocycles. The smallest absolute Gasteiger partial charge is 0.0159 e. The van der Waals surface area contributed by atoms with Gasteiger partial charge in [0, 0.05) is 16.2 Å². The van der Waals surface area contributed by atoms with Gasteiger partial charge in [0.1, 0.15) is 0 Å². The summed E-state index contributed by atoms with van der Waals surface area (Å²) in [4.78, 5) is 0. The Balaban J connectivity index is 0.751. The van der Waals surface area contributed by atoms with E-state index in [2.05, 4.69) is 285 Å². The van der Waals surface area contributed by atoms with Gasteiger partial charge >= 0.3 is 0 Å². The SMILES string of the molecule is CCCc1ccc(-c2c3ccccc3c(-c3ccc4c(c3)C(C)(C)c3cc(-c5ccc6c(c5)C(C)(C)c5cc(-c7c8ccccc8c(-c8ccc9c(c8)C(C)(C)c8ccccc8-9)c8ccccc78)ccc5-6)ccc3-4)c3ccccc23)cc1. The molecular formula is C82H64. The maximum Gasteiger partial charge on any atom is 0.0159 e. The van der Waals surface area contributed by atoms with E-state index in [0.717, 1.165) is 12.8 Å². The Morgan fingerprint density at radius 3 is 0.805 bits per heavy atom. The van der Waals surface area contributed by atoms with Crippen LogP contribution < -0.4 is 0 Å². The number of benzene rings is 13. The molecule has 0 aromatic heterocycles. The lowest BCUT2D eigenvalue weighted by molar-refractivity contribution is 0.660. The largest absolute Gasteiger partial charge is 0.0651 e. The Morgan fingerprint density at radius 1 is 0.232 bits per heavy atom. The lowest BCUT2D eigenvalue weighted by Gasteiger charge is -2.24. The minimum Gasteiger partial charge on any atom is -0.0651 e. The van der Waals surface area contributed by atoms with Crippen molar-refractivity contribution in [2.24, 2.45) is 0 Å². The van der Waals surface area contributed by atoms with Crippen LogP contribution in [0, 0.1) is 0 Å². The zero-order valence-electron chi connectivity index (χ0n) is 47.9. The van der Waals surface area contributed by atoms with E-state index in [9.17, 15) is 0 Å². The first-order valence-electron chi connectivity index (χ1n) is 29.7. The summed E-state index contributed by atoms with van der Waals surface area (Å²) in [5, 5.41) is 10.3. The van der Waals surface area contributed by atoms with E-state index in [1.807, 2.05) is 0 Å². The quantitative estimate of drug-likeness (QED) is 0.140. The summed E-state index contributed by atoms with van der Waals surface area (Å²) in [5.74, 6) is 0. The van der Waals surface area contributed by atoms with Crippen molar-refractivity contribution < 1.29 is 0 Å². The molecule has 392 valence electrons. The lowest BCUT2D eigenvalue weighted by atomic mass is 9.79. The summed E-state index contributed by atoms with van der Waals surface area (Å²) >= 11 is 0. The van der Waals surface area contributed by atoms with E-state index in [1.165, 1.54) is 171 Å². The fourth-order valence-corrected chi connectivity index (χ4v) is 15.6. The molecule has 0 saturated heterocycles. The van der Waals surface area contributed by atoms with E-state index in [0.29, 0.717) is 0 Å². The minimum absolute atomic E-state index is 0.0801. The van der Waals surface area contributed by atoms with Gasteiger partial charge in [-0.2, -0.15) is 0 Å². The van der Waals surface area contributed by atoms with Crippen LogP contribution in [0.15, 0.2) is 237 Å². The molecule has 0 fully saturated rings. The summed E-state index contributed by atoms with van der Waals surface area (Å²) in [6.07, 6.45) is 2.25. The minimum atomic E-state index is -0.217. The van der Waals surface area contributed by atoms with Crippen LogP contribution in [0.5, 0.6) is 0 Å². The highest BCUT2D eigenvalue weighted by atomic mass is 14.4. The second-order valence-corrected chi connectivity index (χ2v) is 25.4. The van der Waals surface area contributed by atoms with Crippen LogP contribution in [0.4, 0.5) is 0 Å². The summed E-state index contributed by atoms with van der Waals surface area (Å²) in [7, 11) is 0. The van der Waals surface area contributed by atoms with Crippen molar-refractivity contribution in [3.05, 3.63) is 276 Å². The Kier molecular flexibility index (Phi) is 10.5. The van der Waals surface area contributed by atoms with Gasteiger partial charge in [-0.15, -0.1) is 0 Å². The number of fused-ring (bicyclic) bond motifs is 13. The maximum atomic E-state index is 2.52. The maximum absolute atomic E-state index is 2.52. The highest BCUT2D eigenvalue weighted by Gasteiger charge is 2.39. The summed E-state index contributed by atoms with van der Waals surface area (Å²) < 4.78 is 0. The van der Waals surface area contributed by atoms with Gasteiger partial charge < -0.3 is 0 Å². The first kappa shape index (κ1) is 48.8. The predicted octanol–water partition coefficient (Wildman–Crippen LogP) is 22.5. The summed E-state index contributed by atoms with van der Waals surface area (Å²) in [6, 6.07) is 91.0. The van der Waals surface area contributed by atoms with Crippen molar-refractivity contribution in [1.29, 1.82) is 0 Å². The third-order valence-electron chi connectivity index (χ3n) is 19.8. The van der Waals surface area contributed by atoms with Gasteiger partial charge in [-0.1, -0.05) is 261 Å². The van der Waals surface area contributed by atoms with Crippen molar-refractivity contribution >= 4 is 43.1 Å². The molecule has 13 aromatic carbocycles. The molecule has 82 heavy (non-hydrogen) atoms. The fourth-order valence-electron chi connectivity index (χ4n) is 15.6. The van der Waals surface area contributed by atoms with Crippen LogP contribution in [0.25, 0.3) is 132 Å².